The lowest BCUT2D eigenvalue weighted by Gasteiger charge is -2.20. The molecule has 4 heteroatoms. The lowest BCUT2D eigenvalue weighted by Crippen LogP contribution is -2.28. The molecule has 31 heavy (non-hydrogen) atoms. The number of H-pyrrole nitrogens is 1. The summed E-state index contributed by atoms with van der Waals surface area (Å²) in [5.41, 5.74) is 5.74. The second kappa shape index (κ2) is 9.40. The van der Waals surface area contributed by atoms with E-state index in [2.05, 4.69) is 41.6 Å². The van der Waals surface area contributed by atoms with Crippen molar-refractivity contribution in [1.29, 1.82) is 0 Å². The minimum Gasteiger partial charge on any atom is -0.361 e. The third-order valence-electron chi connectivity index (χ3n) is 5.93. The van der Waals surface area contributed by atoms with E-state index < -0.39 is 0 Å². The summed E-state index contributed by atoms with van der Waals surface area (Å²) in [6.45, 7) is 4.17. The smallest absolute Gasteiger partial charge is 0.221 e. The molecule has 3 nitrogen and oxygen atoms in total. The van der Waals surface area contributed by atoms with Crippen molar-refractivity contribution >= 4 is 28.4 Å². The third-order valence-corrected chi connectivity index (χ3v) is 6.18. The van der Waals surface area contributed by atoms with Crippen LogP contribution in [-0.4, -0.2) is 10.9 Å². The van der Waals surface area contributed by atoms with Crippen LogP contribution in [0.25, 0.3) is 10.9 Å². The van der Waals surface area contributed by atoms with E-state index in [-0.39, 0.29) is 17.9 Å². The molecule has 0 aliphatic carbocycles. The number of halogens is 1. The molecule has 2 N–H and O–H groups in total. The van der Waals surface area contributed by atoms with Crippen LogP contribution in [0.15, 0.2) is 79.0 Å². The molecular formula is C27H27ClN2O. The zero-order chi connectivity index (χ0) is 21.8. The fraction of sp³-hybridized carbons (Fsp3) is 0.222. The molecule has 0 fully saturated rings. The minimum atomic E-state index is -0.0684. The van der Waals surface area contributed by atoms with E-state index >= 15 is 0 Å². The van der Waals surface area contributed by atoms with E-state index in [1.54, 1.807) is 0 Å². The van der Waals surface area contributed by atoms with Crippen molar-refractivity contribution in [2.24, 2.45) is 0 Å². The first kappa shape index (κ1) is 21.2. The first-order valence-electron chi connectivity index (χ1n) is 10.8. The lowest BCUT2D eigenvalue weighted by molar-refractivity contribution is -0.121. The van der Waals surface area contributed by atoms with Gasteiger partial charge < -0.3 is 10.3 Å². The Kier molecular flexibility index (Phi) is 6.43. The van der Waals surface area contributed by atoms with Crippen molar-refractivity contribution in [3.05, 3.63) is 106 Å². The van der Waals surface area contributed by atoms with Gasteiger partial charge in [-0.25, -0.2) is 0 Å². The van der Waals surface area contributed by atoms with E-state index in [0.717, 1.165) is 28.6 Å². The van der Waals surface area contributed by atoms with Gasteiger partial charge in [-0.05, 0) is 47.7 Å². The lowest BCUT2D eigenvalue weighted by atomic mass is 9.87. The summed E-state index contributed by atoms with van der Waals surface area (Å²) in [7, 11) is 0. The number of hydrogen-bond donors (Lipinski definition) is 2. The molecule has 1 amide bonds. The zero-order valence-electron chi connectivity index (χ0n) is 17.9. The fourth-order valence-electron chi connectivity index (χ4n) is 4.24. The van der Waals surface area contributed by atoms with Crippen LogP contribution >= 0.6 is 11.6 Å². The molecule has 0 radical (unpaired) electrons. The van der Waals surface area contributed by atoms with Crippen molar-refractivity contribution in [3.8, 4) is 0 Å². The molecule has 158 valence electrons. The Morgan fingerprint density at radius 3 is 2.42 bits per heavy atom. The summed E-state index contributed by atoms with van der Waals surface area (Å²) < 4.78 is 0. The number of fused-ring (bicyclic) bond motifs is 1. The highest BCUT2D eigenvalue weighted by Crippen LogP contribution is 2.35. The van der Waals surface area contributed by atoms with E-state index in [9.17, 15) is 4.79 Å². The summed E-state index contributed by atoms with van der Waals surface area (Å²) in [6.07, 6.45) is 3.37. The van der Waals surface area contributed by atoms with Crippen molar-refractivity contribution in [2.75, 3.05) is 0 Å². The quantitative estimate of drug-likeness (QED) is 0.333. The van der Waals surface area contributed by atoms with Gasteiger partial charge in [0.1, 0.15) is 0 Å². The molecule has 0 unspecified atom stereocenters. The SMILES string of the molecule is CCc1cccc2c([C@@H](CC(=O)N[C@@H](C)c3ccccc3)c3ccc(Cl)cc3)c[nH]c12. The molecule has 4 aromatic rings. The predicted molar refractivity (Wildman–Crippen MR) is 129 cm³/mol. The number of aryl methyl sites for hydroxylation is 1. The number of para-hydroxylation sites is 1. The molecule has 1 heterocycles. The summed E-state index contributed by atoms with van der Waals surface area (Å²) in [4.78, 5) is 16.5. The predicted octanol–water partition coefficient (Wildman–Crippen LogP) is 6.78. The molecule has 0 aliphatic heterocycles. The van der Waals surface area contributed by atoms with Crippen LogP contribution < -0.4 is 5.32 Å². The van der Waals surface area contributed by atoms with Gasteiger partial charge in [-0.2, -0.15) is 0 Å². The maximum Gasteiger partial charge on any atom is 0.221 e. The fourth-order valence-corrected chi connectivity index (χ4v) is 4.36. The second-order valence-electron chi connectivity index (χ2n) is 7.95. The molecule has 0 aliphatic rings. The van der Waals surface area contributed by atoms with E-state index in [4.69, 9.17) is 11.6 Å². The number of amides is 1. The van der Waals surface area contributed by atoms with E-state index in [1.807, 2.05) is 61.5 Å². The Labute approximate surface area is 188 Å². The standard InChI is InChI=1S/C27H27ClN2O/c1-3-19-10-7-11-23-25(17-29-27(19)23)24(21-12-14-22(28)15-13-21)16-26(31)30-18(2)20-8-5-4-6-9-20/h4-15,17-18,24,29H,3,16H2,1-2H3,(H,30,31)/t18-,24-/m0/s1. The van der Waals surface area contributed by atoms with Gasteiger partial charge in [-0.1, -0.05) is 79.2 Å². The number of rotatable bonds is 7. The number of aromatic nitrogens is 1. The zero-order valence-corrected chi connectivity index (χ0v) is 18.6. The highest BCUT2D eigenvalue weighted by atomic mass is 35.5. The normalized spacial score (nSPS) is 13.1. The highest BCUT2D eigenvalue weighted by molar-refractivity contribution is 6.30. The van der Waals surface area contributed by atoms with Crippen molar-refractivity contribution in [2.45, 2.75) is 38.6 Å². The molecule has 0 saturated carbocycles. The Hall–Kier alpha value is -3.04. The Morgan fingerprint density at radius 2 is 1.71 bits per heavy atom. The monoisotopic (exact) mass is 430 g/mol. The maximum absolute atomic E-state index is 13.1. The second-order valence-corrected chi connectivity index (χ2v) is 8.38. The van der Waals surface area contributed by atoms with Gasteiger partial charge in [0, 0.05) is 34.5 Å². The number of benzene rings is 3. The molecule has 0 spiro atoms. The number of carbonyl (C=O) groups is 1. The van der Waals surface area contributed by atoms with Crippen LogP contribution in [0, 0.1) is 0 Å². The molecule has 3 aromatic carbocycles. The van der Waals surface area contributed by atoms with Gasteiger partial charge in [0.25, 0.3) is 0 Å². The maximum atomic E-state index is 13.1. The molecule has 1 aromatic heterocycles. The van der Waals surface area contributed by atoms with Crippen LogP contribution in [0.4, 0.5) is 0 Å². The molecule has 4 rings (SSSR count). The topological polar surface area (TPSA) is 44.9 Å². The van der Waals surface area contributed by atoms with Crippen LogP contribution in [0.1, 0.15) is 54.5 Å². The van der Waals surface area contributed by atoms with Crippen LogP contribution in [0.3, 0.4) is 0 Å². The van der Waals surface area contributed by atoms with Gasteiger partial charge in [-0.15, -0.1) is 0 Å². The van der Waals surface area contributed by atoms with E-state index in [0.29, 0.717) is 11.4 Å². The third kappa shape index (κ3) is 4.67. The average Bonchev–Trinajstić information content (AvgIpc) is 3.23. The first-order chi connectivity index (χ1) is 15.1. The summed E-state index contributed by atoms with van der Waals surface area (Å²) in [5.74, 6) is -0.0432. The Morgan fingerprint density at radius 1 is 0.968 bits per heavy atom. The van der Waals surface area contributed by atoms with Gasteiger partial charge >= 0.3 is 0 Å². The number of nitrogens with one attached hydrogen (secondary N) is 2. The largest absolute Gasteiger partial charge is 0.361 e. The van der Waals surface area contributed by atoms with Crippen LogP contribution in [0.2, 0.25) is 5.02 Å². The van der Waals surface area contributed by atoms with Crippen molar-refractivity contribution in [1.82, 2.24) is 10.3 Å². The minimum absolute atomic E-state index is 0.0253. The van der Waals surface area contributed by atoms with Gasteiger partial charge in [0.2, 0.25) is 5.91 Å². The summed E-state index contributed by atoms with van der Waals surface area (Å²) in [5, 5.41) is 5.03. The number of aromatic amines is 1. The number of hydrogen-bond acceptors (Lipinski definition) is 1. The van der Waals surface area contributed by atoms with Crippen LogP contribution in [0.5, 0.6) is 0 Å². The molecule has 2 atom stereocenters. The number of carbonyl (C=O) groups excluding carboxylic acids is 1. The Balaban J connectivity index is 1.66. The summed E-state index contributed by atoms with van der Waals surface area (Å²) in [6, 6.07) is 24.2. The Bertz CT molecular complexity index is 1170. The molecular weight excluding hydrogens is 404 g/mol. The van der Waals surface area contributed by atoms with Crippen molar-refractivity contribution in [3.63, 3.8) is 0 Å². The first-order valence-corrected chi connectivity index (χ1v) is 11.1. The van der Waals surface area contributed by atoms with Crippen molar-refractivity contribution < 1.29 is 4.79 Å². The van der Waals surface area contributed by atoms with Gasteiger partial charge in [-0.3, -0.25) is 4.79 Å². The van der Waals surface area contributed by atoms with Gasteiger partial charge in [0.15, 0.2) is 0 Å². The summed E-state index contributed by atoms with van der Waals surface area (Å²) >= 11 is 6.13. The molecule has 0 bridgehead atoms. The van der Waals surface area contributed by atoms with E-state index in [1.165, 1.54) is 10.9 Å². The molecule has 0 saturated heterocycles. The van der Waals surface area contributed by atoms with Crippen LogP contribution in [-0.2, 0) is 11.2 Å². The highest BCUT2D eigenvalue weighted by Gasteiger charge is 2.23. The van der Waals surface area contributed by atoms with Gasteiger partial charge in [0.05, 0.1) is 6.04 Å². The average molecular weight is 431 g/mol.